The molecule has 3 nitrogen and oxygen atoms in total. The van der Waals surface area contributed by atoms with Crippen molar-refractivity contribution in [2.24, 2.45) is 0 Å². The van der Waals surface area contributed by atoms with Crippen LogP contribution in [-0.4, -0.2) is 10.9 Å². The van der Waals surface area contributed by atoms with Gasteiger partial charge in [-0.1, -0.05) is 23.5 Å². The molecule has 1 amide bonds. The van der Waals surface area contributed by atoms with Gasteiger partial charge in [0.1, 0.15) is 5.82 Å². The van der Waals surface area contributed by atoms with Gasteiger partial charge in [-0.3, -0.25) is 10.1 Å². The quantitative estimate of drug-likeness (QED) is 0.655. The summed E-state index contributed by atoms with van der Waals surface area (Å²) in [4.78, 5) is 16.5. The lowest BCUT2D eigenvalue weighted by Gasteiger charge is -2.03. The summed E-state index contributed by atoms with van der Waals surface area (Å²) in [6.07, 6.45) is 0. The molecule has 6 heteroatoms. The van der Waals surface area contributed by atoms with Crippen molar-refractivity contribution in [2.75, 3.05) is 5.32 Å². The number of amides is 1. The monoisotopic (exact) mass is 398 g/mol. The topological polar surface area (TPSA) is 42.0 Å². The number of para-hydroxylation sites is 1. The molecule has 2 aromatic carbocycles. The third kappa shape index (κ3) is 2.66. The summed E-state index contributed by atoms with van der Waals surface area (Å²) >= 11 is 3.35. The van der Waals surface area contributed by atoms with Gasteiger partial charge in [-0.15, -0.1) is 0 Å². The van der Waals surface area contributed by atoms with Gasteiger partial charge in [0.15, 0.2) is 5.13 Å². The summed E-state index contributed by atoms with van der Waals surface area (Å²) in [7, 11) is 0. The van der Waals surface area contributed by atoms with Crippen molar-refractivity contribution in [3.63, 3.8) is 0 Å². The number of rotatable bonds is 2. The highest BCUT2D eigenvalue weighted by Gasteiger charge is 2.13. The number of anilines is 1. The Morgan fingerprint density at radius 1 is 1.25 bits per heavy atom. The molecule has 0 atom stereocenters. The van der Waals surface area contributed by atoms with Gasteiger partial charge in [-0.2, -0.15) is 0 Å². The van der Waals surface area contributed by atoms with E-state index in [1.54, 1.807) is 0 Å². The molecule has 0 bridgehead atoms. The fraction of sp³-hybridized carbons (Fsp3) is 0. The van der Waals surface area contributed by atoms with Crippen molar-refractivity contribution in [1.82, 2.24) is 4.98 Å². The lowest BCUT2D eigenvalue weighted by Crippen LogP contribution is -2.13. The number of hydrogen-bond donors (Lipinski definition) is 1. The fourth-order valence-electron chi connectivity index (χ4n) is 1.76. The van der Waals surface area contributed by atoms with Gasteiger partial charge in [0, 0.05) is 3.57 Å². The Kier molecular flexibility index (Phi) is 3.66. The van der Waals surface area contributed by atoms with Gasteiger partial charge in [-0.05, 0) is 52.9 Å². The zero-order valence-corrected chi connectivity index (χ0v) is 13.0. The van der Waals surface area contributed by atoms with E-state index in [-0.39, 0.29) is 11.7 Å². The van der Waals surface area contributed by atoms with Crippen molar-refractivity contribution in [3.8, 4) is 0 Å². The van der Waals surface area contributed by atoms with Crippen molar-refractivity contribution in [3.05, 3.63) is 57.4 Å². The van der Waals surface area contributed by atoms with Crippen LogP contribution in [0.5, 0.6) is 0 Å². The van der Waals surface area contributed by atoms with Gasteiger partial charge in [0.25, 0.3) is 5.91 Å². The number of aromatic nitrogens is 1. The highest BCUT2D eigenvalue weighted by Crippen LogP contribution is 2.26. The minimum Gasteiger partial charge on any atom is -0.298 e. The zero-order valence-electron chi connectivity index (χ0n) is 10.1. The van der Waals surface area contributed by atoms with E-state index in [1.165, 1.54) is 29.5 Å². The van der Waals surface area contributed by atoms with Gasteiger partial charge in [0.2, 0.25) is 0 Å². The third-order valence-electron chi connectivity index (χ3n) is 2.69. The second kappa shape index (κ2) is 5.45. The molecule has 3 rings (SSSR count). The highest BCUT2D eigenvalue weighted by molar-refractivity contribution is 14.1. The smallest absolute Gasteiger partial charge is 0.258 e. The summed E-state index contributed by atoms with van der Waals surface area (Å²) < 4.78 is 14.6. The molecule has 0 saturated heterocycles. The van der Waals surface area contributed by atoms with Crippen LogP contribution in [0.3, 0.4) is 0 Å². The van der Waals surface area contributed by atoms with E-state index in [2.05, 4.69) is 10.3 Å². The maximum atomic E-state index is 13.0. The van der Waals surface area contributed by atoms with Crippen molar-refractivity contribution < 1.29 is 9.18 Å². The Labute approximate surface area is 132 Å². The molecule has 1 heterocycles. The van der Waals surface area contributed by atoms with E-state index >= 15 is 0 Å². The summed E-state index contributed by atoms with van der Waals surface area (Å²) in [5.74, 6) is -0.639. The maximum Gasteiger partial charge on any atom is 0.258 e. The average Bonchev–Trinajstić information content (AvgIpc) is 2.80. The Bertz CT molecular complexity index is 770. The van der Waals surface area contributed by atoms with E-state index < -0.39 is 0 Å². The zero-order chi connectivity index (χ0) is 14.1. The normalized spacial score (nSPS) is 10.7. The van der Waals surface area contributed by atoms with Gasteiger partial charge in [0.05, 0.1) is 15.8 Å². The van der Waals surface area contributed by atoms with E-state index in [4.69, 9.17) is 0 Å². The first-order chi connectivity index (χ1) is 9.63. The van der Waals surface area contributed by atoms with Crippen LogP contribution in [-0.2, 0) is 0 Å². The Balaban J connectivity index is 1.88. The number of hydrogen-bond acceptors (Lipinski definition) is 3. The number of halogens is 2. The summed E-state index contributed by atoms with van der Waals surface area (Å²) in [6, 6.07) is 11.7. The van der Waals surface area contributed by atoms with E-state index in [9.17, 15) is 9.18 Å². The molecule has 0 aliphatic carbocycles. The first kappa shape index (κ1) is 13.4. The number of thiazole rings is 1. The molecule has 20 heavy (non-hydrogen) atoms. The summed E-state index contributed by atoms with van der Waals surface area (Å²) in [6.45, 7) is 0. The first-order valence-electron chi connectivity index (χ1n) is 5.75. The molecule has 1 aromatic heterocycles. The van der Waals surface area contributed by atoms with Crippen LogP contribution in [0, 0.1) is 9.39 Å². The largest absolute Gasteiger partial charge is 0.298 e. The predicted molar refractivity (Wildman–Crippen MR) is 86.7 cm³/mol. The van der Waals surface area contributed by atoms with E-state index in [1.807, 2.05) is 46.9 Å². The molecule has 0 unspecified atom stereocenters. The van der Waals surface area contributed by atoms with E-state index in [0.717, 1.165) is 10.2 Å². The Hall–Kier alpha value is -1.54. The first-order valence-corrected chi connectivity index (χ1v) is 7.65. The molecule has 3 aromatic rings. The van der Waals surface area contributed by atoms with Crippen molar-refractivity contribution >= 4 is 55.2 Å². The number of carbonyl (C=O) groups is 1. The third-order valence-corrected chi connectivity index (χ3v) is 4.53. The molecule has 0 radical (unpaired) electrons. The van der Waals surface area contributed by atoms with Crippen molar-refractivity contribution in [2.45, 2.75) is 0 Å². The molecule has 100 valence electrons. The number of nitrogens with zero attached hydrogens (tertiary/aromatic N) is 1. The molecule has 0 aliphatic rings. The predicted octanol–water partition coefficient (Wildman–Crippen LogP) is 4.29. The molecule has 0 aliphatic heterocycles. The molecular weight excluding hydrogens is 390 g/mol. The number of carbonyl (C=O) groups excluding carboxylic acids is 1. The highest BCUT2D eigenvalue weighted by atomic mass is 127. The van der Waals surface area contributed by atoms with Gasteiger partial charge in [-0.25, -0.2) is 9.37 Å². The van der Waals surface area contributed by atoms with Crippen LogP contribution in [0.25, 0.3) is 10.2 Å². The molecule has 0 fully saturated rings. The van der Waals surface area contributed by atoms with Gasteiger partial charge >= 0.3 is 0 Å². The van der Waals surface area contributed by atoms with Crippen molar-refractivity contribution in [1.29, 1.82) is 0 Å². The SMILES string of the molecule is O=C(Nc1nc2ccccc2s1)c1ccc(F)cc1I. The van der Waals surface area contributed by atoms with Gasteiger partial charge < -0.3 is 0 Å². The van der Waals surface area contributed by atoms with Crippen LogP contribution in [0.1, 0.15) is 10.4 Å². The van der Waals surface area contributed by atoms with Crippen LogP contribution in [0.15, 0.2) is 42.5 Å². The second-order valence-electron chi connectivity index (χ2n) is 4.07. The Morgan fingerprint density at radius 2 is 2.05 bits per heavy atom. The van der Waals surface area contributed by atoms with Crippen LogP contribution >= 0.6 is 33.9 Å². The summed E-state index contributed by atoms with van der Waals surface area (Å²) in [5, 5.41) is 3.29. The minimum atomic E-state index is -0.356. The van der Waals surface area contributed by atoms with Crippen LogP contribution < -0.4 is 5.32 Å². The molecule has 1 N–H and O–H groups in total. The maximum absolute atomic E-state index is 13.0. The lowest BCUT2D eigenvalue weighted by molar-refractivity contribution is 0.102. The van der Waals surface area contributed by atoms with Crippen LogP contribution in [0.4, 0.5) is 9.52 Å². The molecule has 0 spiro atoms. The summed E-state index contributed by atoms with van der Waals surface area (Å²) in [5.41, 5.74) is 1.29. The number of benzene rings is 2. The van der Waals surface area contributed by atoms with E-state index in [0.29, 0.717) is 14.3 Å². The minimum absolute atomic E-state index is 0.284. The fourth-order valence-corrected chi connectivity index (χ4v) is 3.35. The molecular formula is C14H8FIN2OS. The average molecular weight is 398 g/mol. The molecule has 0 saturated carbocycles. The standard InChI is InChI=1S/C14H8FIN2OS/c15-8-5-6-9(10(16)7-8)13(19)18-14-17-11-3-1-2-4-12(11)20-14/h1-7H,(H,17,18,19). The van der Waals surface area contributed by atoms with Crippen LogP contribution in [0.2, 0.25) is 0 Å². The number of nitrogens with one attached hydrogen (secondary N) is 1. The number of fused-ring (bicyclic) bond motifs is 1. The second-order valence-corrected chi connectivity index (χ2v) is 6.26. The Morgan fingerprint density at radius 3 is 2.80 bits per heavy atom. The lowest BCUT2D eigenvalue weighted by atomic mass is 10.2.